The van der Waals surface area contributed by atoms with Crippen LogP contribution in [0.2, 0.25) is 0 Å². The van der Waals surface area contributed by atoms with Crippen LogP contribution in [0, 0.1) is 12.3 Å². The summed E-state index contributed by atoms with van der Waals surface area (Å²) in [6.07, 6.45) is 6.90. The lowest BCUT2D eigenvalue weighted by atomic mass is 9.66. The van der Waals surface area contributed by atoms with Crippen LogP contribution in [0.3, 0.4) is 0 Å². The number of benzene rings is 1. The van der Waals surface area contributed by atoms with E-state index in [1.54, 1.807) is 6.92 Å². The Morgan fingerprint density at radius 2 is 2.04 bits per heavy atom. The SMILES string of the molecule is C#CCC1(c2ccccc2)CCc2c(sc(NC(C)=O)c2C(=O)OCC)C1=O. The number of anilines is 1. The lowest BCUT2D eigenvalue weighted by molar-refractivity contribution is -0.114. The molecule has 0 bridgehead atoms. The van der Waals surface area contributed by atoms with Crippen LogP contribution in [0.5, 0.6) is 0 Å². The number of nitrogens with one attached hydrogen (secondary N) is 1. The molecule has 1 N–H and O–H groups in total. The highest BCUT2D eigenvalue weighted by molar-refractivity contribution is 7.19. The number of terminal acetylenes is 1. The maximum atomic E-state index is 13.6. The van der Waals surface area contributed by atoms with Crippen molar-refractivity contribution in [1.82, 2.24) is 0 Å². The fraction of sp³-hybridized carbons (Fsp3) is 0.318. The summed E-state index contributed by atoms with van der Waals surface area (Å²) < 4.78 is 5.17. The Bertz CT molecular complexity index is 970. The largest absolute Gasteiger partial charge is 0.462 e. The van der Waals surface area contributed by atoms with Crippen LogP contribution in [0.4, 0.5) is 5.00 Å². The van der Waals surface area contributed by atoms with Gasteiger partial charge < -0.3 is 10.1 Å². The molecular formula is C22H21NO4S. The zero-order chi connectivity index (χ0) is 20.3. The first-order chi connectivity index (χ1) is 13.4. The summed E-state index contributed by atoms with van der Waals surface area (Å²) in [5.74, 6) is 1.71. The third-order valence-electron chi connectivity index (χ3n) is 4.95. The van der Waals surface area contributed by atoms with Crippen molar-refractivity contribution >= 4 is 34.0 Å². The highest BCUT2D eigenvalue weighted by Gasteiger charge is 2.46. The Hall–Kier alpha value is -2.91. The topological polar surface area (TPSA) is 72.5 Å². The molecule has 0 saturated carbocycles. The second kappa shape index (κ2) is 7.99. The van der Waals surface area contributed by atoms with Crippen molar-refractivity contribution in [2.75, 3.05) is 11.9 Å². The van der Waals surface area contributed by atoms with E-state index < -0.39 is 11.4 Å². The number of fused-ring (bicyclic) bond motifs is 1. The maximum absolute atomic E-state index is 13.6. The molecule has 1 aromatic carbocycles. The molecule has 3 rings (SSSR count). The molecule has 1 aliphatic carbocycles. The van der Waals surface area contributed by atoms with Gasteiger partial charge >= 0.3 is 5.97 Å². The van der Waals surface area contributed by atoms with E-state index in [0.29, 0.717) is 28.3 Å². The van der Waals surface area contributed by atoms with Gasteiger partial charge in [0, 0.05) is 13.3 Å². The van der Waals surface area contributed by atoms with E-state index >= 15 is 0 Å². The molecular weight excluding hydrogens is 374 g/mol. The first-order valence-corrected chi connectivity index (χ1v) is 9.90. The van der Waals surface area contributed by atoms with E-state index in [-0.39, 0.29) is 30.3 Å². The van der Waals surface area contributed by atoms with Crippen LogP contribution in [-0.2, 0) is 21.4 Å². The van der Waals surface area contributed by atoms with E-state index in [0.717, 1.165) is 16.9 Å². The van der Waals surface area contributed by atoms with Crippen LogP contribution >= 0.6 is 11.3 Å². The molecule has 1 atom stereocenters. The van der Waals surface area contributed by atoms with Crippen LogP contribution in [0.1, 0.15) is 57.8 Å². The number of Topliss-reactive ketones (excluding diaryl/α,β-unsaturated/α-hetero) is 1. The monoisotopic (exact) mass is 395 g/mol. The summed E-state index contributed by atoms with van der Waals surface area (Å²) in [7, 11) is 0. The third kappa shape index (κ3) is 3.34. The molecule has 2 aromatic rings. The van der Waals surface area contributed by atoms with Gasteiger partial charge in [-0.1, -0.05) is 30.3 Å². The van der Waals surface area contributed by atoms with Crippen molar-refractivity contribution in [3.05, 3.63) is 51.9 Å². The number of rotatable bonds is 5. The van der Waals surface area contributed by atoms with E-state index in [9.17, 15) is 14.4 Å². The molecule has 0 spiro atoms. The summed E-state index contributed by atoms with van der Waals surface area (Å²) in [6.45, 7) is 3.29. The van der Waals surface area contributed by atoms with E-state index in [1.807, 2.05) is 30.3 Å². The van der Waals surface area contributed by atoms with Gasteiger partial charge in [-0.05, 0) is 30.9 Å². The Balaban J connectivity index is 2.15. The van der Waals surface area contributed by atoms with Crippen LogP contribution < -0.4 is 5.32 Å². The fourth-order valence-electron chi connectivity index (χ4n) is 3.70. The molecule has 144 valence electrons. The van der Waals surface area contributed by atoms with Crippen molar-refractivity contribution in [1.29, 1.82) is 0 Å². The smallest absolute Gasteiger partial charge is 0.341 e. The van der Waals surface area contributed by atoms with Gasteiger partial charge in [-0.2, -0.15) is 0 Å². The fourth-order valence-corrected chi connectivity index (χ4v) is 5.02. The Labute approximate surface area is 168 Å². The van der Waals surface area contributed by atoms with E-state index in [1.165, 1.54) is 6.92 Å². The Kier molecular flexibility index (Phi) is 5.66. The van der Waals surface area contributed by atoms with Crippen LogP contribution in [-0.4, -0.2) is 24.3 Å². The minimum Gasteiger partial charge on any atom is -0.462 e. The molecule has 0 fully saturated rings. The van der Waals surface area contributed by atoms with Crippen LogP contribution in [0.15, 0.2) is 30.3 Å². The summed E-state index contributed by atoms with van der Waals surface area (Å²) >= 11 is 1.12. The molecule has 1 unspecified atom stereocenters. The number of thiophene rings is 1. The predicted molar refractivity (Wildman–Crippen MR) is 109 cm³/mol. The van der Waals surface area contributed by atoms with Crippen molar-refractivity contribution in [3.63, 3.8) is 0 Å². The van der Waals surface area contributed by atoms with Gasteiger partial charge in [0.05, 0.1) is 22.5 Å². The highest BCUT2D eigenvalue weighted by atomic mass is 32.1. The summed E-state index contributed by atoms with van der Waals surface area (Å²) in [6, 6.07) is 9.49. The molecule has 0 aliphatic heterocycles. The van der Waals surface area contributed by atoms with Gasteiger partial charge in [-0.15, -0.1) is 23.7 Å². The lowest BCUT2D eigenvalue weighted by Crippen LogP contribution is -2.39. The van der Waals surface area contributed by atoms with Crippen molar-refractivity contribution in [3.8, 4) is 12.3 Å². The summed E-state index contributed by atoms with van der Waals surface area (Å²) in [5.41, 5.74) is 0.970. The van der Waals surface area contributed by atoms with E-state index in [2.05, 4.69) is 11.2 Å². The number of amides is 1. The summed E-state index contributed by atoms with van der Waals surface area (Å²) in [4.78, 5) is 38.2. The Morgan fingerprint density at radius 3 is 2.64 bits per heavy atom. The van der Waals surface area contributed by atoms with Gasteiger partial charge in [0.15, 0.2) is 5.78 Å². The molecule has 6 heteroatoms. The normalized spacial score (nSPS) is 18.1. The Morgan fingerprint density at radius 1 is 1.32 bits per heavy atom. The second-order valence-electron chi connectivity index (χ2n) is 6.67. The molecule has 1 heterocycles. The number of hydrogen-bond donors (Lipinski definition) is 1. The highest BCUT2D eigenvalue weighted by Crippen LogP contribution is 2.47. The quantitative estimate of drug-likeness (QED) is 0.614. The zero-order valence-electron chi connectivity index (χ0n) is 15.8. The third-order valence-corrected chi connectivity index (χ3v) is 6.10. The number of esters is 1. The first kappa shape index (κ1) is 19.8. The minimum absolute atomic E-state index is 0.106. The number of carbonyl (C=O) groups excluding carboxylic acids is 3. The standard InChI is InChI=1S/C22H21NO4S/c1-4-12-22(15-9-7-6-8-10-15)13-11-16-17(21(26)27-5-2)20(23-14(3)24)28-18(16)19(22)25/h1,6-10H,5,11-13H2,2-3H3,(H,23,24). The molecule has 1 aromatic heterocycles. The van der Waals surface area contributed by atoms with Crippen molar-refractivity contribution in [2.24, 2.45) is 0 Å². The minimum atomic E-state index is -0.826. The molecule has 1 amide bonds. The lowest BCUT2D eigenvalue weighted by Gasteiger charge is -2.34. The van der Waals surface area contributed by atoms with E-state index in [4.69, 9.17) is 11.2 Å². The second-order valence-corrected chi connectivity index (χ2v) is 7.69. The van der Waals surface area contributed by atoms with Gasteiger partial charge in [0.2, 0.25) is 5.91 Å². The molecule has 28 heavy (non-hydrogen) atoms. The average molecular weight is 395 g/mol. The van der Waals surface area contributed by atoms with Gasteiger partial charge in [0.1, 0.15) is 5.00 Å². The average Bonchev–Trinajstić information content (AvgIpc) is 3.03. The maximum Gasteiger partial charge on any atom is 0.341 e. The van der Waals surface area contributed by atoms with Gasteiger partial charge in [-0.3, -0.25) is 9.59 Å². The number of ketones is 1. The summed E-state index contributed by atoms with van der Waals surface area (Å²) in [5, 5.41) is 3.03. The molecule has 5 nitrogen and oxygen atoms in total. The number of carbonyl (C=O) groups is 3. The zero-order valence-corrected chi connectivity index (χ0v) is 16.7. The molecule has 1 aliphatic rings. The van der Waals surface area contributed by atoms with Crippen LogP contribution in [0.25, 0.3) is 0 Å². The first-order valence-electron chi connectivity index (χ1n) is 9.08. The number of hydrogen-bond acceptors (Lipinski definition) is 5. The predicted octanol–water partition coefficient (Wildman–Crippen LogP) is 3.97. The molecule has 0 radical (unpaired) electrons. The van der Waals surface area contributed by atoms with Crippen molar-refractivity contribution < 1.29 is 19.1 Å². The van der Waals surface area contributed by atoms with Gasteiger partial charge in [0.25, 0.3) is 0 Å². The number of ether oxygens (including phenoxy) is 1. The van der Waals surface area contributed by atoms with Crippen molar-refractivity contribution in [2.45, 2.75) is 38.5 Å². The van der Waals surface area contributed by atoms with Gasteiger partial charge in [-0.25, -0.2) is 4.79 Å². The molecule has 0 saturated heterocycles.